The summed E-state index contributed by atoms with van der Waals surface area (Å²) < 4.78 is 11.6. The highest BCUT2D eigenvalue weighted by molar-refractivity contribution is 14.0. The molecule has 25 heavy (non-hydrogen) atoms. The van der Waals surface area contributed by atoms with Crippen molar-refractivity contribution in [2.45, 2.75) is 20.0 Å². The Hall–Kier alpha value is -1.00. The number of halogens is 2. The lowest BCUT2D eigenvalue weighted by molar-refractivity contribution is 0.354. The van der Waals surface area contributed by atoms with Crippen LogP contribution in [0.2, 0.25) is 0 Å². The lowest BCUT2D eigenvalue weighted by Crippen LogP contribution is -2.36. The maximum Gasteiger partial charge on any atom is 0.191 e. The van der Waals surface area contributed by atoms with Crippen molar-refractivity contribution in [3.05, 3.63) is 44.6 Å². The molecule has 5 nitrogen and oxygen atoms in total. The third-order valence-corrected chi connectivity index (χ3v) is 4.81. The first kappa shape index (κ1) is 22.0. The zero-order valence-electron chi connectivity index (χ0n) is 14.5. The Morgan fingerprint density at radius 3 is 2.52 bits per heavy atom. The molecule has 0 amide bonds. The molecule has 138 valence electrons. The third-order valence-electron chi connectivity index (χ3n) is 3.34. The molecule has 0 saturated heterocycles. The predicted molar refractivity (Wildman–Crippen MR) is 119 cm³/mol. The molecule has 1 aromatic carbocycles. The number of thiophene rings is 1. The highest BCUT2D eigenvalue weighted by Gasteiger charge is 2.10. The summed E-state index contributed by atoms with van der Waals surface area (Å²) in [6.07, 6.45) is 0. The zero-order valence-corrected chi connectivity index (χ0v) is 19.2. The lowest BCUT2D eigenvalue weighted by Gasteiger charge is -2.14. The second kappa shape index (κ2) is 11.6. The highest BCUT2D eigenvalue weighted by Crippen LogP contribution is 2.33. The Balaban J connectivity index is 0.00000312. The average molecular weight is 540 g/mol. The number of hydrogen-bond acceptors (Lipinski definition) is 4. The number of methoxy groups -OCH3 is 2. The summed E-state index contributed by atoms with van der Waals surface area (Å²) in [4.78, 5) is 4.61. The Morgan fingerprint density at radius 1 is 1.20 bits per heavy atom. The Kier molecular flexibility index (Phi) is 10.2. The van der Waals surface area contributed by atoms with Crippen molar-refractivity contribution in [1.29, 1.82) is 0 Å². The van der Waals surface area contributed by atoms with Gasteiger partial charge in [-0.05, 0) is 47.0 Å². The van der Waals surface area contributed by atoms with Gasteiger partial charge in [0.1, 0.15) is 0 Å². The number of nitrogens with zero attached hydrogens (tertiary/aromatic N) is 1. The van der Waals surface area contributed by atoms with Gasteiger partial charge in [0.2, 0.25) is 0 Å². The average Bonchev–Trinajstić information content (AvgIpc) is 3.11. The van der Waals surface area contributed by atoms with Gasteiger partial charge < -0.3 is 20.1 Å². The molecule has 0 fully saturated rings. The number of rotatable bonds is 7. The van der Waals surface area contributed by atoms with Crippen LogP contribution in [-0.4, -0.2) is 26.7 Å². The number of benzene rings is 1. The molecule has 1 heterocycles. The van der Waals surface area contributed by atoms with Gasteiger partial charge in [-0.3, -0.25) is 0 Å². The Morgan fingerprint density at radius 2 is 1.92 bits per heavy atom. The molecule has 2 rings (SSSR count). The molecule has 0 aliphatic heterocycles. The van der Waals surface area contributed by atoms with Crippen molar-refractivity contribution in [1.82, 2.24) is 10.6 Å². The molecule has 0 spiro atoms. The van der Waals surface area contributed by atoms with Crippen molar-refractivity contribution >= 4 is 57.2 Å². The molecule has 2 aromatic rings. The fraction of sp³-hybridized carbons (Fsp3) is 0.353. The van der Waals surface area contributed by atoms with Crippen molar-refractivity contribution in [2.24, 2.45) is 4.99 Å². The van der Waals surface area contributed by atoms with E-state index in [2.05, 4.69) is 48.4 Å². The molecule has 0 aliphatic rings. The molecular formula is C17H23BrIN3O2S. The van der Waals surface area contributed by atoms with Gasteiger partial charge in [0.15, 0.2) is 17.5 Å². The van der Waals surface area contributed by atoms with E-state index in [0.717, 1.165) is 22.5 Å². The van der Waals surface area contributed by atoms with E-state index in [-0.39, 0.29) is 24.0 Å². The molecule has 0 saturated carbocycles. The topological polar surface area (TPSA) is 54.9 Å². The summed E-state index contributed by atoms with van der Waals surface area (Å²) >= 11 is 5.26. The fourth-order valence-electron chi connectivity index (χ4n) is 2.11. The normalized spacial score (nSPS) is 10.8. The van der Waals surface area contributed by atoms with Gasteiger partial charge in [-0.1, -0.05) is 15.9 Å². The van der Waals surface area contributed by atoms with Crippen molar-refractivity contribution in [3.8, 4) is 11.5 Å². The highest BCUT2D eigenvalue weighted by atomic mass is 127. The van der Waals surface area contributed by atoms with Crippen molar-refractivity contribution in [3.63, 3.8) is 0 Å². The number of ether oxygens (including phenoxy) is 2. The molecule has 0 radical (unpaired) electrons. The first-order chi connectivity index (χ1) is 11.7. The van der Waals surface area contributed by atoms with Crippen LogP contribution in [0.25, 0.3) is 0 Å². The first-order valence-corrected chi connectivity index (χ1v) is 9.35. The molecule has 0 atom stereocenters. The quantitative estimate of drug-likeness (QED) is 0.311. The van der Waals surface area contributed by atoms with Crippen LogP contribution in [-0.2, 0) is 13.1 Å². The summed E-state index contributed by atoms with van der Waals surface area (Å²) in [7, 11) is 3.26. The molecule has 0 bridgehead atoms. The van der Waals surface area contributed by atoms with Gasteiger partial charge in [-0.25, -0.2) is 4.99 Å². The van der Waals surface area contributed by atoms with E-state index in [0.29, 0.717) is 24.6 Å². The van der Waals surface area contributed by atoms with E-state index in [1.54, 1.807) is 25.6 Å². The van der Waals surface area contributed by atoms with Crippen LogP contribution in [0.15, 0.2) is 38.4 Å². The van der Waals surface area contributed by atoms with Crippen LogP contribution in [0.1, 0.15) is 18.1 Å². The number of aliphatic imine (C=N–C) groups is 1. The second-order valence-electron chi connectivity index (χ2n) is 4.98. The minimum absolute atomic E-state index is 0. The van der Waals surface area contributed by atoms with E-state index in [4.69, 9.17) is 9.47 Å². The Labute approximate surface area is 178 Å². The van der Waals surface area contributed by atoms with E-state index in [9.17, 15) is 0 Å². The standard InChI is InChI=1S/C17H22BrN3O2S.HI/c1-4-19-17(20-9-12-5-6-24-11-12)21-10-13-7-15(22-2)16(23-3)8-14(13)18;/h5-8,11H,4,9-10H2,1-3H3,(H2,19,20,21);1H. The van der Waals surface area contributed by atoms with Gasteiger partial charge in [-0.15, -0.1) is 24.0 Å². The monoisotopic (exact) mass is 539 g/mol. The first-order valence-electron chi connectivity index (χ1n) is 7.61. The lowest BCUT2D eigenvalue weighted by atomic mass is 10.2. The van der Waals surface area contributed by atoms with Crippen LogP contribution in [0.3, 0.4) is 0 Å². The van der Waals surface area contributed by atoms with Crippen LogP contribution in [0.5, 0.6) is 11.5 Å². The molecule has 8 heteroatoms. The minimum Gasteiger partial charge on any atom is -0.493 e. The number of nitrogens with one attached hydrogen (secondary N) is 2. The minimum atomic E-state index is 0. The van der Waals surface area contributed by atoms with Crippen molar-refractivity contribution < 1.29 is 9.47 Å². The smallest absolute Gasteiger partial charge is 0.191 e. The van der Waals surface area contributed by atoms with E-state index < -0.39 is 0 Å². The van der Waals surface area contributed by atoms with Gasteiger partial charge >= 0.3 is 0 Å². The summed E-state index contributed by atoms with van der Waals surface area (Å²) in [5.41, 5.74) is 2.28. The van der Waals surface area contributed by atoms with Gasteiger partial charge in [-0.2, -0.15) is 11.3 Å². The fourth-order valence-corrected chi connectivity index (χ4v) is 3.23. The van der Waals surface area contributed by atoms with E-state index in [1.165, 1.54) is 5.56 Å². The maximum absolute atomic E-state index is 5.36. The van der Waals surface area contributed by atoms with E-state index in [1.807, 2.05) is 19.1 Å². The van der Waals surface area contributed by atoms with Crippen LogP contribution in [0.4, 0.5) is 0 Å². The maximum atomic E-state index is 5.36. The van der Waals surface area contributed by atoms with Crippen LogP contribution < -0.4 is 20.1 Å². The summed E-state index contributed by atoms with van der Waals surface area (Å²) in [5, 5.41) is 10.8. The zero-order chi connectivity index (χ0) is 17.4. The largest absolute Gasteiger partial charge is 0.493 e. The predicted octanol–water partition coefficient (Wildman–Crippen LogP) is 4.40. The summed E-state index contributed by atoms with van der Waals surface area (Å²) in [6.45, 7) is 4.14. The van der Waals surface area contributed by atoms with Crippen LogP contribution >= 0.6 is 51.2 Å². The molecule has 0 aliphatic carbocycles. The molecular weight excluding hydrogens is 517 g/mol. The van der Waals surface area contributed by atoms with Crippen molar-refractivity contribution in [2.75, 3.05) is 20.8 Å². The summed E-state index contributed by atoms with van der Waals surface area (Å²) in [6, 6.07) is 5.95. The van der Waals surface area contributed by atoms with Gasteiger partial charge in [0.05, 0.1) is 20.8 Å². The van der Waals surface area contributed by atoms with Gasteiger partial charge in [0, 0.05) is 17.6 Å². The molecule has 1 aromatic heterocycles. The number of guanidine groups is 1. The van der Waals surface area contributed by atoms with E-state index >= 15 is 0 Å². The third kappa shape index (κ3) is 6.67. The Bertz CT molecular complexity index is 681. The van der Waals surface area contributed by atoms with Gasteiger partial charge in [0.25, 0.3) is 0 Å². The molecule has 0 unspecified atom stereocenters. The summed E-state index contributed by atoms with van der Waals surface area (Å²) in [5.74, 6) is 2.19. The molecule has 2 N–H and O–H groups in total. The second-order valence-corrected chi connectivity index (χ2v) is 6.61. The number of hydrogen-bond donors (Lipinski definition) is 2. The SMILES string of the molecule is CCNC(=NCc1ccsc1)NCc1cc(OC)c(OC)cc1Br.I. The van der Waals surface area contributed by atoms with Crippen LogP contribution in [0, 0.1) is 0 Å².